The number of sulfonamides is 1. The molecule has 1 aromatic heterocycles. The van der Waals surface area contributed by atoms with E-state index in [-0.39, 0.29) is 28.0 Å². The zero-order valence-electron chi connectivity index (χ0n) is 19.9. The monoisotopic (exact) mass is 497 g/mol. The van der Waals surface area contributed by atoms with Gasteiger partial charge in [0.2, 0.25) is 0 Å². The molecule has 8 nitrogen and oxygen atoms in total. The molecule has 0 spiro atoms. The molecule has 4 rings (SSSR count). The molecule has 2 aromatic carbocycles. The van der Waals surface area contributed by atoms with Gasteiger partial charge in [0.1, 0.15) is 17.5 Å². The highest BCUT2D eigenvalue weighted by molar-refractivity contribution is 7.92. The first-order chi connectivity index (χ1) is 16.6. The maximum Gasteiger partial charge on any atom is 0.262 e. The second-order valence-corrected chi connectivity index (χ2v) is 10.5. The largest absolute Gasteiger partial charge is 0.353 e. The van der Waals surface area contributed by atoms with E-state index in [1.165, 1.54) is 42.5 Å². The molecule has 1 aliphatic rings. The van der Waals surface area contributed by atoms with Crippen molar-refractivity contribution in [2.45, 2.75) is 31.6 Å². The van der Waals surface area contributed by atoms with E-state index in [2.05, 4.69) is 33.4 Å². The summed E-state index contributed by atoms with van der Waals surface area (Å²) in [6.07, 6.45) is 0. The number of hydrogen-bond donors (Lipinski definition) is 1. The Bertz CT molecular complexity index is 1340. The van der Waals surface area contributed by atoms with Crippen LogP contribution in [0.25, 0.3) is 0 Å². The van der Waals surface area contributed by atoms with Gasteiger partial charge in [0, 0.05) is 49.4 Å². The molecule has 0 radical (unpaired) electrons. The zero-order chi connectivity index (χ0) is 25.2. The van der Waals surface area contributed by atoms with Crippen LogP contribution in [0.15, 0.2) is 59.5 Å². The number of aryl methyl sites for hydroxylation is 1. The van der Waals surface area contributed by atoms with Crippen LogP contribution in [-0.2, 0) is 10.0 Å². The van der Waals surface area contributed by atoms with Crippen molar-refractivity contribution in [2.24, 2.45) is 0 Å². The molecule has 35 heavy (non-hydrogen) atoms. The topological polar surface area (TPSA) is 95.5 Å². The van der Waals surface area contributed by atoms with Crippen LogP contribution in [0.4, 0.5) is 15.9 Å². The van der Waals surface area contributed by atoms with Gasteiger partial charge in [-0.1, -0.05) is 32.0 Å². The minimum Gasteiger partial charge on any atom is -0.353 e. The Hall–Kier alpha value is -3.53. The van der Waals surface area contributed by atoms with Gasteiger partial charge in [0.25, 0.3) is 15.9 Å². The van der Waals surface area contributed by atoms with E-state index in [1.807, 2.05) is 13.0 Å². The molecule has 184 valence electrons. The molecule has 0 aliphatic carbocycles. The van der Waals surface area contributed by atoms with Gasteiger partial charge in [-0.3, -0.25) is 9.52 Å². The Morgan fingerprint density at radius 2 is 1.71 bits per heavy atom. The van der Waals surface area contributed by atoms with Crippen LogP contribution in [0.5, 0.6) is 0 Å². The van der Waals surface area contributed by atoms with E-state index >= 15 is 0 Å². The average molecular weight is 498 g/mol. The predicted molar refractivity (Wildman–Crippen MR) is 133 cm³/mol. The van der Waals surface area contributed by atoms with E-state index in [0.717, 1.165) is 17.3 Å². The molecule has 3 aromatic rings. The minimum absolute atomic E-state index is 0.108. The molecule has 1 aliphatic heterocycles. The number of rotatable bonds is 6. The third kappa shape index (κ3) is 5.59. The fourth-order valence-corrected chi connectivity index (χ4v) is 4.97. The first-order valence-corrected chi connectivity index (χ1v) is 12.9. The van der Waals surface area contributed by atoms with E-state index < -0.39 is 15.8 Å². The summed E-state index contributed by atoms with van der Waals surface area (Å²) in [4.78, 5) is 26.0. The first kappa shape index (κ1) is 24.6. The molecular formula is C25H28FN5O3S. The summed E-state index contributed by atoms with van der Waals surface area (Å²) in [6.45, 7) is 8.20. The highest BCUT2D eigenvalue weighted by atomic mass is 32.2. The van der Waals surface area contributed by atoms with Gasteiger partial charge in [-0.05, 0) is 37.3 Å². The van der Waals surface area contributed by atoms with Crippen molar-refractivity contribution >= 4 is 27.4 Å². The Labute approximate surface area is 204 Å². The molecule has 1 N–H and O–H groups in total. The summed E-state index contributed by atoms with van der Waals surface area (Å²) in [5.41, 5.74) is 1.01. The number of piperazine rings is 1. The molecule has 2 heterocycles. The van der Waals surface area contributed by atoms with Gasteiger partial charge in [-0.2, -0.15) is 0 Å². The smallest absolute Gasteiger partial charge is 0.262 e. The number of carbonyl (C=O) groups is 1. The summed E-state index contributed by atoms with van der Waals surface area (Å²) >= 11 is 0. The van der Waals surface area contributed by atoms with Gasteiger partial charge < -0.3 is 9.80 Å². The normalized spacial score (nSPS) is 14.3. The van der Waals surface area contributed by atoms with Gasteiger partial charge >= 0.3 is 0 Å². The van der Waals surface area contributed by atoms with Crippen molar-refractivity contribution in [1.29, 1.82) is 0 Å². The van der Waals surface area contributed by atoms with Crippen molar-refractivity contribution in [1.82, 2.24) is 14.9 Å². The van der Waals surface area contributed by atoms with Gasteiger partial charge in [-0.25, -0.2) is 22.8 Å². The number of carbonyl (C=O) groups excluding carboxylic acids is 1. The molecule has 1 amide bonds. The fourth-order valence-electron chi connectivity index (χ4n) is 3.86. The summed E-state index contributed by atoms with van der Waals surface area (Å²) in [5.74, 6) is 0.920. The molecule has 0 atom stereocenters. The molecule has 0 saturated carbocycles. The molecule has 0 bridgehead atoms. The number of nitrogens with one attached hydrogen (secondary N) is 1. The Balaban J connectivity index is 1.46. The highest BCUT2D eigenvalue weighted by Crippen LogP contribution is 2.22. The van der Waals surface area contributed by atoms with E-state index in [1.54, 1.807) is 11.0 Å². The third-order valence-corrected chi connectivity index (χ3v) is 7.14. The molecule has 1 fully saturated rings. The standard InChI is InChI=1S/C25H28FN5O3S/c1-17(2)24-27-18(3)15-23(28-24)30-11-13-31(14-12-30)25(32)19-7-6-8-20(16-19)35(33,34)29-22-10-5-4-9-21(22)26/h4-10,15-17,29H,11-14H2,1-3H3. The maximum absolute atomic E-state index is 13.9. The van der Waals surface area contributed by atoms with Gasteiger partial charge in [-0.15, -0.1) is 0 Å². The van der Waals surface area contributed by atoms with Gasteiger partial charge in [0.15, 0.2) is 0 Å². The lowest BCUT2D eigenvalue weighted by Crippen LogP contribution is -2.49. The van der Waals surface area contributed by atoms with E-state index in [0.29, 0.717) is 26.2 Å². The fraction of sp³-hybridized carbons (Fsp3) is 0.320. The Morgan fingerprint density at radius 1 is 1.00 bits per heavy atom. The van der Waals surface area contributed by atoms with Crippen molar-refractivity contribution < 1.29 is 17.6 Å². The Morgan fingerprint density at radius 3 is 2.40 bits per heavy atom. The lowest BCUT2D eigenvalue weighted by atomic mass is 10.1. The number of halogens is 1. The number of benzene rings is 2. The zero-order valence-corrected chi connectivity index (χ0v) is 20.7. The summed E-state index contributed by atoms with van der Waals surface area (Å²) in [7, 11) is -4.07. The molecule has 0 unspecified atom stereocenters. The van der Waals surface area contributed by atoms with Crippen LogP contribution < -0.4 is 9.62 Å². The van der Waals surface area contributed by atoms with Gasteiger partial charge in [0.05, 0.1) is 10.6 Å². The quantitative estimate of drug-likeness (QED) is 0.557. The number of nitrogens with zero attached hydrogens (tertiary/aromatic N) is 4. The van der Waals surface area contributed by atoms with Crippen molar-refractivity contribution in [2.75, 3.05) is 35.8 Å². The first-order valence-electron chi connectivity index (χ1n) is 11.4. The third-order valence-electron chi connectivity index (χ3n) is 5.77. The average Bonchev–Trinajstić information content (AvgIpc) is 2.84. The molecular weight excluding hydrogens is 469 g/mol. The predicted octanol–water partition coefficient (Wildman–Crippen LogP) is 3.81. The summed E-state index contributed by atoms with van der Waals surface area (Å²) in [6, 6.07) is 13.3. The van der Waals surface area contributed by atoms with Crippen LogP contribution in [0.1, 0.15) is 41.6 Å². The SMILES string of the molecule is Cc1cc(N2CCN(C(=O)c3cccc(S(=O)(=O)Nc4ccccc4F)c3)CC2)nc(C(C)C)n1. The van der Waals surface area contributed by atoms with Crippen LogP contribution in [-0.4, -0.2) is 55.4 Å². The van der Waals surface area contributed by atoms with Crippen LogP contribution in [0.3, 0.4) is 0 Å². The van der Waals surface area contributed by atoms with Crippen molar-refractivity contribution in [3.63, 3.8) is 0 Å². The lowest BCUT2D eigenvalue weighted by Gasteiger charge is -2.35. The number of amides is 1. The van der Waals surface area contributed by atoms with Crippen LogP contribution in [0.2, 0.25) is 0 Å². The van der Waals surface area contributed by atoms with Crippen LogP contribution in [0, 0.1) is 12.7 Å². The van der Waals surface area contributed by atoms with Crippen molar-refractivity contribution in [3.05, 3.63) is 77.5 Å². The van der Waals surface area contributed by atoms with E-state index in [4.69, 9.17) is 0 Å². The number of aromatic nitrogens is 2. The molecule has 1 saturated heterocycles. The lowest BCUT2D eigenvalue weighted by molar-refractivity contribution is 0.0746. The summed E-state index contributed by atoms with van der Waals surface area (Å²) in [5, 5.41) is 0. The minimum atomic E-state index is -4.07. The number of hydrogen-bond acceptors (Lipinski definition) is 6. The summed E-state index contributed by atoms with van der Waals surface area (Å²) < 4.78 is 41.7. The maximum atomic E-state index is 13.9. The highest BCUT2D eigenvalue weighted by Gasteiger charge is 2.25. The molecule has 10 heteroatoms. The number of anilines is 2. The van der Waals surface area contributed by atoms with E-state index in [9.17, 15) is 17.6 Å². The second-order valence-electron chi connectivity index (χ2n) is 8.77. The van der Waals surface area contributed by atoms with Crippen LogP contribution >= 0.6 is 0 Å². The Kier molecular flexibility index (Phi) is 7.02. The second kappa shape index (κ2) is 9.99. The number of para-hydroxylation sites is 1. The van der Waals surface area contributed by atoms with Crippen molar-refractivity contribution in [3.8, 4) is 0 Å².